The zero-order chi connectivity index (χ0) is 25.1. The maximum Gasteiger partial charge on any atom is 0.273 e. The van der Waals surface area contributed by atoms with Crippen LogP contribution >= 0.6 is 11.8 Å². The first-order valence-electron chi connectivity index (χ1n) is 11.7. The number of nitrogens with zero attached hydrogens (tertiary/aromatic N) is 3. The molecule has 34 heavy (non-hydrogen) atoms. The Morgan fingerprint density at radius 1 is 1.38 bits per heavy atom. The molecule has 5 nitrogen and oxygen atoms in total. The van der Waals surface area contributed by atoms with Gasteiger partial charge in [0.2, 0.25) is 0 Å². The predicted molar refractivity (Wildman–Crippen MR) is 144 cm³/mol. The van der Waals surface area contributed by atoms with Crippen molar-refractivity contribution in [2.45, 2.75) is 64.2 Å². The molecule has 0 aromatic heterocycles. The van der Waals surface area contributed by atoms with Crippen molar-refractivity contribution in [3.05, 3.63) is 59.1 Å². The second-order valence-corrected chi connectivity index (χ2v) is 11.8. The molecule has 4 unspecified atom stereocenters. The van der Waals surface area contributed by atoms with Gasteiger partial charge < -0.3 is 0 Å². The standard InChI is InChI=1S/C14H17N.C13H18N2O2S2/c1-4-6-10-14(12-15)11-8-7-9-13(3)5-2;1-3-9(4-2)19(17)14-13(16)12-10-6-8-18-11(10)5-7-15(12)19/h1,5,8,10-11H,6-7,9H2,2-3H3;3-4,10-12H,1,5-8H2,2H3/b11-8-,13-5+,14-10+;9-4+. The van der Waals surface area contributed by atoms with Crippen LogP contribution in [0.5, 0.6) is 0 Å². The van der Waals surface area contributed by atoms with Crippen LogP contribution in [0.15, 0.2) is 63.4 Å². The van der Waals surface area contributed by atoms with E-state index in [9.17, 15) is 9.00 Å². The van der Waals surface area contributed by atoms with Crippen molar-refractivity contribution < 1.29 is 9.00 Å². The highest BCUT2D eigenvalue weighted by Crippen LogP contribution is 2.45. The monoisotopic (exact) mass is 497 g/mol. The fourth-order valence-corrected chi connectivity index (χ4v) is 8.08. The van der Waals surface area contributed by atoms with Gasteiger partial charge in [0.25, 0.3) is 5.91 Å². The van der Waals surface area contributed by atoms with Crippen molar-refractivity contribution in [2.24, 2.45) is 10.3 Å². The summed E-state index contributed by atoms with van der Waals surface area (Å²) in [6.45, 7) is 10.3. The van der Waals surface area contributed by atoms with E-state index < -0.39 is 9.92 Å². The van der Waals surface area contributed by atoms with Crippen LogP contribution in [0.25, 0.3) is 0 Å². The van der Waals surface area contributed by atoms with Crippen LogP contribution in [0.3, 0.4) is 0 Å². The van der Waals surface area contributed by atoms with Crippen LogP contribution in [-0.2, 0) is 14.7 Å². The predicted octanol–water partition coefficient (Wildman–Crippen LogP) is 5.96. The Labute approximate surface area is 210 Å². The van der Waals surface area contributed by atoms with Crippen LogP contribution in [0.1, 0.15) is 52.9 Å². The Hall–Kier alpha value is -2.32. The number of carbonyl (C=O) groups excluding carboxylic acids is 1. The first-order chi connectivity index (χ1) is 16.4. The average Bonchev–Trinajstić information content (AvgIpc) is 3.42. The number of hydrogen-bond donors (Lipinski definition) is 0. The maximum absolute atomic E-state index is 13.1. The number of amides is 1. The number of piperidine rings is 1. The molecule has 3 rings (SSSR count). The molecule has 0 aromatic carbocycles. The third-order valence-corrected chi connectivity index (χ3v) is 10.2. The van der Waals surface area contributed by atoms with Gasteiger partial charge in [-0.1, -0.05) is 42.5 Å². The fraction of sp³-hybridized carbons (Fsp3) is 0.481. The molecule has 0 bridgehead atoms. The summed E-state index contributed by atoms with van der Waals surface area (Å²) in [6.07, 6.45) is 20.7. The summed E-state index contributed by atoms with van der Waals surface area (Å²) in [5, 5.41) is 9.30. The van der Waals surface area contributed by atoms with Gasteiger partial charge in [0.05, 0.1) is 11.0 Å². The van der Waals surface area contributed by atoms with Gasteiger partial charge >= 0.3 is 0 Å². The molecule has 0 radical (unpaired) electrons. The number of fused-ring (bicyclic) bond motifs is 3. The Kier molecular flexibility index (Phi) is 11.1. The minimum atomic E-state index is -2.74. The summed E-state index contributed by atoms with van der Waals surface area (Å²) in [4.78, 5) is 12.8. The van der Waals surface area contributed by atoms with E-state index in [1.54, 1.807) is 18.2 Å². The van der Waals surface area contributed by atoms with Crippen LogP contribution < -0.4 is 0 Å². The highest BCUT2D eigenvalue weighted by Gasteiger charge is 2.52. The van der Waals surface area contributed by atoms with E-state index in [-0.39, 0.29) is 11.9 Å². The largest absolute Gasteiger partial charge is 0.273 e. The Morgan fingerprint density at radius 3 is 2.76 bits per heavy atom. The van der Waals surface area contributed by atoms with E-state index in [2.05, 4.69) is 35.9 Å². The van der Waals surface area contributed by atoms with E-state index in [0.717, 1.165) is 31.4 Å². The van der Waals surface area contributed by atoms with Gasteiger partial charge in [-0.15, -0.1) is 16.7 Å². The molecule has 0 N–H and O–H groups in total. The van der Waals surface area contributed by atoms with E-state index >= 15 is 0 Å². The van der Waals surface area contributed by atoms with E-state index in [0.29, 0.717) is 34.6 Å². The minimum absolute atomic E-state index is 0.191. The number of carbonyl (C=O) groups is 1. The number of nitriles is 1. The van der Waals surface area contributed by atoms with Gasteiger partial charge in [0, 0.05) is 23.8 Å². The number of allylic oxidation sites excluding steroid dienone is 8. The van der Waals surface area contributed by atoms with E-state index in [4.69, 9.17) is 11.7 Å². The lowest BCUT2D eigenvalue weighted by Gasteiger charge is -2.37. The molecule has 0 aromatic rings. The van der Waals surface area contributed by atoms with Crippen molar-refractivity contribution in [1.29, 1.82) is 5.26 Å². The van der Waals surface area contributed by atoms with E-state index in [1.807, 2.05) is 42.1 Å². The molecule has 2 fully saturated rings. The minimum Gasteiger partial charge on any atom is -0.270 e. The Balaban J connectivity index is 0.000000249. The van der Waals surface area contributed by atoms with Crippen LogP contribution in [-0.4, -0.2) is 38.0 Å². The SMILES string of the molecule is C#CC/C=C(C#N)\C=C/CC/C(C)=C/C.C=C/C(=C\C)S1(=O)=NC(=O)C2C3CCSC3CCN21. The molecule has 1 amide bonds. The summed E-state index contributed by atoms with van der Waals surface area (Å²) in [5.74, 6) is 3.71. The van der Waals surface area contributed by atoms with Gasteiger partial charge in [-0.05, 0) is 64.2 Å². The summed E-state index contributed by atoms with van der Waals surface area (Å²) < 4.78 is 19.0. The zero-order valence-corrected chi connectivity index (χ0v) is 22.0. The van der Waals surface area contributed by atoms with Crippen molar-refractivity contribution in [3.8, 4) is 18.4 Å². The highest BCUT2D eigenvalue weighted by molar-refractivity contribution is 8.00. The number of terminal acetylenes is 1. The first-order valence-corrected chi connectivity index (χ1v) is 14.2. The summed E-state index contributed by atoms with van der Waals surface area (Å²) >= 11 is 1.95. The third-order valence-electron chi connectivity index (χ3n) is 6.25. The van der Waals surface area contributed by atoms with Gasteiger partial charge in [0.15, 0.2) is 0 Å². The lowest BCUT2D eigenvalue weighted by Crippen LogP contribution is -2.50. The first kappa shape index (κ1) is 27.9. The number of hydrogen-bond acceptors (Lipinski definition) is 4. The smallest absolute Gasteiger partial charge is 0.270 e. The topological polar surface area (TPSA) is 73.5 Å². The van der Waals surface area contributed by atoms with Crippen molar-refractivity contribution in [1.82, 2.24) is 4.31 Å². The Bertz CT molecular complexity index is 1090. The van der Waals surface area contributed by atoms with Crippen molar-refractivity contribution in [2.75, 3.05) is 12.3 Å². The molecule has 4 atom stereocenters. The second-order valence-electron chi connectivity index (χ2n) is 8.31. The highest BCUT2D eigenvalue weighted by atomic mass is 32.2. The van der Waals surface area contributed by atoms with Crippen LogP contribution in [0.4, 0.5) is 0 Å². The van der Waals surface area contributed by atoms with Gasteiger partial charge in [-0.2, -0.15) is 17.0 Å². The lowest BCUT2D eigenvalue weighted by atomic mass is 9.88. The number of rotatable bonds is 7. The molecule has 3 heterocycles. The van der Waals surface area contributed by atoms with Gasteiger partial charge in [0.1, 0.15) is 16.0 Å². The average molecular weight is 498 g/mol. The maximum atomic E-state index is 13.1. The molecular weight excluding hydrogens is 462 g/mol. The second kappa shape index (κ2) is 13.5. The molecule has 0 spiro atoms. The molecular formula is C27H35N3O2S2. The summed E-state index contributed by atoms with van der Waals surface area (Å²) in [7, 11) is -2.74. The summed E-state index contributed by atoms with van der Waals surface area (Å²) in [6, 6.07) is 1.84. The van der Waals surface area contributed by atoms with Crippen LogP contribution in [0.2, 0.25) is 0 Å². The van der Waals surface area contributed by atoms with Crippen LogP contribution in [0, 0.1) is 29.6 Å². The molecule has 182 valence electrons. The molecule has 0 saturated carbocycles. The van der Waals surface area contributed by atoms with Gasteiger partial charge in [-0.3, -0.25) is 4.79 Å². The molecule has 0 aliphatic carbocycles. The van der Waals surface area contributed by atoms with Crippen molar-refractivity contribution in [3.63, 3.8) is 0 Å². The summed E-state index contributed by atoms with van der Waals surface area (Å²) in [5.41, 5.74) is 2.01. The van der Waals surface area contributed by atoms with E-state index in [1.165, 1.54) is 5.57 Å². The zero-order valence-electron chi connectivity index (χ0n) is 20.4. The van der Waals surface area contributed by atoms with Crippen molar-refractivity contribution >= 4 is 27.6 Å². The molecule has 3 aliphatic rings. The molecule has 2 saturated heterocycles. The number of thioether (sulfide) groups is 1. The lowest BCUT2D eigenvalue weighted by molar-refractivity contribution is -0.122. The van der Waals surface area contributed by atoms with Gasteiger partial charge in [-0.25, -0.2) is 8.51 Å². The molecule has 3 aliphatic heterocycles. The molecule has 7 heteroatoms. The fourth-order valence-electron chi connectivity index (χ4n) is 4.30. The Morgan fingerprint density at radius 2 is 2.15 bits per heavy atom. The quantitative estimate of drug-likeness (QED) is 0.188. The third kappa shape index (κ3) is 6.63. The normalized spacial score (nSPS) is 29.4.